The third-order valence-electron chi connectivity index (χ3n) is 2.75. The Labute approximate surface area is 86.2 Å². The molecule has 5 nitrogen and oxygen atoms in total. The van der Waals surface area contributed by atoms with Gasteiger partial charge in [0, 0.05) is 5.56 Å². The van der Waals surface area contributed by atoms with Gasteiger partial charge in [-0.2, -0.15) is 0 Å². The molecule has 15 heavy (non-hydrogen) atoms. The van der Waals surface area contributed by atoms with Crippen molar-refractivity contribution >= 4 is 5.97 Å². The largest absolute Gasteiger partial charge is 0.481 e. The lowest BCUT2D eigenvalue weighted by Gasteiger charge is -2.19. The van der Waals surface area contributed by atoms with E-state index < -0.39 is 11.9 Å². The number of fused-ring (bicyclic) bond motifs is 1. The maximum atomic E-state index is 11.6. The van der Waals surface area contributed by atoms with Crippen LogP contribution >= 0.6 is 0 Å². The molecule has 2 rings (SSSR count). The smallest absolute Gasteiger partial charge is 0.306 e. The van der Waals surface area contributed by atoms with Crippen LogP contribution in [0.15, 0.2) is 4.79 Å². The molecule has 0 bridgehead atoms. The Hall–Kier alpha value is -1.65. The molecule has 0 saturated heterocycles. The minimum atomic E-state index is -0.833. The number of aryl methyl sites for hydroxylation is 2. The summed E-state index contributed by atoms with van der Waals surface area (Å²) in [5.41, 5.74) is 1.11. The van der Waals surface area contributed by atoms with E-state index in [4.69, 9.17) is 5.11 Å². The summed E-state index contributed by atoms with van der Waals surface area (Å²) < 4.78 is 0. The van der Waals surface area contributed by atoms with Crippen LogP contribution in [0.3, 0.4) is 0 Å². The number of carboxylic acids is 1. The maximum Gasteiger partial charge on any atom is 0.306 e. The Bertz CT molecular complexity index is 464. The van der Waals surface area contributed by atoms with Crippen molar-refractivity contribution in [3.05, 3.63) is 27.4 Å². The number of aliphatic carboxylic acids is 1. The molecule has 0 amide bonds. The third kappa shape index (κ3) is 1.77. The molecule has 0 radical (unpaired) electrons. The van der Waals surface area contributed by atoms with Crippen LogP contribution in [0.5, 0.6) is 0 Å². The lowest BCUT2D eigenvalue weighted by atomic mass is 9.87. The second-order valence-corrected chi connectivity index (χ2v) is 3.85. The standard InChI is InChI=1S/C10H12N2O3/c1-5-11-8-3-2-6(10(14)15)4-7(8)9(13)12-5/h6H,2-4H2,1H3,(H,14,15)(H,11,12,13). The Balaban J connectivity index is 2.42. The number of carboxylic acid groups (broad SMARTS) is 1. The number of carbonyl (C=O) groups is 1. The zero-order valence-corrected chi connectivity index (χ0v) is 8.41. The molecule has 1 aliphatic carbocycles. The Kier molecular flexibility index (Phi) is 2.30. The van der Waals surface area contributed by atoms with Crippen molar-refractivity contribution in [2.24, 2.45) is 5.92 Å². The highest BCUT2D eigenvalue weighted by atomic mass is 16.4. The molecule has 1 heterocycles. The van der Waals surface area contributed by atoms with Crippen molar-refractivity contribution in [3.63, 3.8) is 0 Å². The summed E-state index contributed by atoms with van der Waals surface area (Å²) >= 11 is 0. The molecule has 0 spiro atoms. The van der Waals surface area contributed by atoms with Crippen molar-refractivity contribution in [2.75, 3.05) is 0 Å². The molecule has 1 aliphatic rings. The van der Waals surface area contributed by atoms with Gasteiger partial charge in [-0.15, -0.1) is 0 Å². The zero-order chi connectivity index (χ0) is 11.0. The molecule has 1 aromatic heterocycles. The Morgan fingerprint density at radius 1 is 1.60 bits per heavy atom. The van der Waals surface area contributed by atoms with Gasteiger partial charge in [0.2, 0.25) is 0 Å². The molecule has 0 fully saturated rings. The molecule has 0 saturated carbocycles. The van der Waals surface area contributed by atoms with Crippen molar-refractivity contribution in [1.29, 1.82) is 0 Å². The lowest BCUT2D eigenvalue weighted by molar-refractivity contribution is -0.142. The SMILES string of the molecule is Cc1nc2c(c(=O)[nH]1)CC(C(=O)O)CC2. The summed E-state index contributed by atoms with van der Waals surface area (Å²) in [5.74, 6) is -0.684. The van der Waals surface area contributed by atoms with Gasteiger partial charge in [-0.05, 0) is 26.2 Å². The molecule has 5 heteroatoms. The average Bonchev–Trinajstić information content (AvgIpc) is 2.16. The predicted octanol–water partition coefficient (Wildman–Crippen LogP) is 0.268. The highest BCUT2D eigenvalue weighted by Crippen LogP contribution is 2.21. The monoisotopic (exact) mass is 208 g/mol. The maximum absolute atomic E-state index is 11.6. The van der Waals surface area contributed by atoms with E-state index in [-0.39, 0.29) is 5.56 Å². The van der Waals surface area contributed by atoms with Crippen LogP contribution in [0.1, 0.15) is 23.5 Å². The number of hydrogen-bond donors (Lipinski definition) is 2. The number of aromatic nitrogens is 2. The molecular weight excluding hydrogens is 196 g/mol. The van der Waals surface area contributed by atoms with Gasteiger partial charge in [0.1, 0.15) is 5.82 Å². The average molecular weight is 208 g/mol. The highest BCUT2D eigenvalue weighted by molar-refractivity contribution is 5.70. The van der Waals surface area contributed by atoms with E-state index in [1.165, 1.54) is 0 Å². The topological polar surface area (TPSA) is 83.0 Å². The number of nitrogens with zero attached hydrogens (tertiary/aromatic N) is 1. The fourth-order valence-corrected chi connectivity index (χ4v) is 1.96. The molecule has 0 aliphatic heterocycles. The number of aromatic amines is 1. The zero-order valence-electron chi connectivity index (χ0n) is 8.41. The van der Waals surface area contributed by atoms with Gasteiger partial charge in [-0.25, -0.2) is 4.98 Å². The van der Waals surface area contributed by atoms with Gasteiger partial charge in [-0.3, -0.25) is 9.59 Å². The predicted molar refractivity (Wildman–Crippen MR) is 52.7 cm³/mol. The first-order valence-corrected chi connectivity index (χ1v) is 4.89. The molecule has 0 aromatic carbocycles. The first-order valence-electron chi connectivity index (χ1n) is 4.89. The van der Waals surface area contributed by atoms with Crippen LogP contribution in [-0.4, -0.2) is 21.0 Å². The Morgan fingerprint density at radius 3 is 3.00 bits per heavy atom. The highest BCUT2D eigenvalue weighted by Gasteiger charge is 2.26. The van der Waals surface area contributed by atoms with Crippen molar-refractivity contribution in [3.8, 4) is 0 Å². The van der Waals surface area contributed by atoms with Crippen molar-refractivity contribution in [1.82, 2.24) is 9.97 Å². The molecular formula is C10H12N2O3. The van der Waals surface area contributed by atoms with E-state index in [1.807, 2.05) is 0 Å². The van der Waals surface area contributed by atoms with Gasteiger partial charge >= 0.3 is 5.97 Å². The first-order chi connectivity index (χ1) is 7.08. The molecule has 80 valence electrons. The normalized spacial score (nSPS) is 19.7. The summed E-state index contributed by atoms with van der Waals surface area (Å²) in [5, 5.41) is 8.88. The molecule has 1 atom stereocenters. The Morgan fingerprint density at radius 2 is 2.33 bits per heavy atom. The van der Waals surface area contributed by atoms with Gasteiger partial charge in [0.15, 0.2) is 0 Å². The number of H-pyrrole nitrogens is 1. The lowest BCUT2D eigenvalue weighted by Crippen LogP contribution is -2.29. The molecule has 2 N–H and O–H groups in total. The van der Waals surface area contributed by atoms with Gasteiger partial charge in [-0.1, -0.05) is 0 Å². The quantitative estimate of drug-likeness (QED) is 0.693. The van der Waals surface area contributed by atoms with E-state index in [0.717, 1.165) is 5.69 Å². The van der Waals surface area contributed by atoms with Crippen molar-refractivity contribution < 1.29 is 9.90 Å². The fourth-order valence-electron chi connectivity index (χ4n) is 1.96. The van der Waals surface area contributed by atoms with Crippen LogP contribution in [0.4, 0.5) is 0 Å². The third-order valence-corrected chi connectivity index (χ3v) is 2.75. The summed E-state index contributed by atoms with van der Waals surface area (Å²) in [6.07, 6.45) is 1.45. The minimum Gasteiger partial charge on any atom is -0.481 e. The summed E-state index contributed by atoms with van der Waals surface area (Å²) in [6.45, 7) is 1.73. The van der Waals surface area contributed by atoms with E-state index in [0.29, 0.717) is 30.7 Å². The second-order valence-electron chi connectivity index (χ2n) is 3.85. The van der Waals surface area contributed by atoms with E-state index in [1.54, 1.807) is 6.92 Å². The summed E-state index contributed by atoms with van der Waals surface area (Å²) in [6, 6.07) is 0. The van der Waals surface area contributed by atoms with Crippen LogP contribution in [0, 0.1) is 12.8 Å². The molecule has 1 aromatic rings. The van der Waals surface area contributed by atoms with Crippen LogP contribution in [-0.2, 0) is 17.6 Å². The number of hydrogen-bond acceptors (Lipinski definition) is 3. The molecule has 1 unspecified atom stereocenters. The van der Waals surface area contributed by atoms with E-state index in [9.17, 15) is 9.59 Å². The van der Waals surface area contributed by atoms with Crippen molar-refractivity contribution in [2.45, 2.75) is 26.2 Å². The van der Waals surface area contributed by atoms with Gasteiger partial charge < -0.3 is 10.1 Å². The fraction of sp³-hybridized carbons (Fsp3) is 0.500. The minimum absolute atomic E-state index is 0.191. The van der Waals surface area contributed by atoms with Gasteiger partial charge in [0.25, 0.3) is 5.56 Å². The van der Waals surface area contributed by atoms with E-state index in [2.05, 4.69) is 9.97 Å². The van der Waals surface area contributed by atoms with Crippen LogP contribution < -0.4 is 5.56 Å². The first kappa shape index (κ1) is 9.89. The van der Waals surface area contributed by atoms with Crippen LogP contribution in [0.25, 0.3) is 0 Å². The number of rotatable bonds is 1. The summed E-state index contributed by atoms with van der Waals surface area (Å²) in [7, 11) is 0. The number of nitrogens with one attached hydrogen (secondary N) is 1. The van der Waals surface area contributed by atoms with E-state index >= 15 is 0 Å². The summed E-state index contributed by atoms with van der Waals surface area (Å²) in [4.78, 5) is 29.2. The van der Waals surface area contributed by atoms with Gasteiger partial charge in [0.05, 0.1) is 11.6 Å². The second kappa shape index (κ2) is 3.49. The van der Waals surface area contributed by atoms with Crippen LogP contribution in [0.2, 0.25) is 0 Å².